The van der Waals surface area contributed by atoms with E-state index in [-0.39, 0.29) is 0 Å². The summed E-state index contributed by atoms with van der Waals surface area (Å²) in [6, 6.07) is 1.96. The topological polar surface area (TPSA) is 72.9 Å². The van der Waals surface area contributed by atoms with E-state index in [0.717, 1.165) is 11.3 Å². The summed E-state index contributed by atoms with van der Waals surface area (Å²) in [5.74, 6) is 0.714. The second-order valence-electron chi connectivity index (χ2n) is 3.64. The molecule has 0 atom stereocenters. The van der Waals surface area contributed by atoms with Crippen molar-refractivity contribution in [3.05, 3.63) is 36.7 Å². The van der Waals surface area contributed by atoms with Crippen molar-refractivity contribution in [1.29, 1.82) is 0 Å². The van der Waals surface area contributed by atoms with Gasteiger partial charge in [-0.2, -0.15) is 5.10 Å². The number of anilines is 1. The molecule has 0 radical (unpaired) electrons. The lowest BCUT2D eigenvalue weighted by molar-refractivity contribution is 0.720. The van der Waals surface area contributed by atoms with Gasteiger partial charge in [0.05, 0.1) is 12.2 Å². The first-order valence-corrected chi connectivity index (χ1v) is 5.20. The molecule has 0 aliphatic heterocycles. The number of nitrogens with zero attached hydrogens (tertiary/aromatic N) is 6. The first-order chi connectivity index (χ1) is 8.34. The fraction of sp³-hybridized carbons (Fsp3) is 0.200. The lowest BCUT2D eigenvalue weighted by Crippen LogP contribution is -2.07. The van der Waals surface area contributed by atoms with E-state index in [1.54, 1.807) is 18.7 Å². The third-order valence-corrected chi connectivity index (χ3v) is 2.58. The molecule has 0 aliphatic carbocycles. The van der Waals surface area contributed by atoms with E-state index in [2.05, 4.69) is 25.6 Å². The number of rotatable bonds is 3. The Morgan fingerprint density at radius 3 is 3.12 bits per heavy atom. The maximum absolute atomic E-state index is 4.24. The van der Waals surface area contributed by atoms with Crippen LogP contribution in [0.4, 0.5) is 5.82 Å². The smallest absolute Gasteiger partial charge is 0.203 e. The minimum Gasteiger partial charge on any atom is -0.361 e. The molecule has 7 heteroatoms. The lowest BCUT2D eigenvalue weighted by Gasteiger charge is -2.06. The molecule has 0 aliphatic rings. The van der Waals surface area contributed by atoms with Gasteiger partial charge in [-0.05, 0) is 6.07 Å². The monoisotopic (exact) mass is 229 g/mol. The summed E-state index contributed by atoms with van der Waals surface area (Å²) < 4.78 is 3.63. The van der Waals surface area contributed by atoms with Gasteiger partial charge in [-0.3, -0.25) is 9.08 Å². The molecule has 0 saturated heterocycles. The Morgan fingerprint density at radius 2 is 2.29 bits per heavy atom. The van der Waals surface area contributed by atoms with Crippen LogP contribution in [-0.2, 0) is 13.6 Å². The van der Waals surface area contributed by atoms with Crippen LogP contribution in [0.2, 0.25) is 0 Å². The molecule has 0 fully saturated rings. The van der Waals surface area contributed by atoms with Crippen LogP contribution in [0.25, 0.3) is 5.65 Å². The third kappa shape index (κ3) is 1.71. The molecule has 3 aromatic rings. The van der Waals surface area contributed by atoms with Gasteiger partial charge in [0.1, 0.15) is 6.33 Å². The Kier molecular flexibility index (Phi) is 2.21. The van der Waals surface area contributed by atoms with Gasteiger partial charge >= 0.3 is 0 Å². The predicted octanol–water partition coefficient (Wildman–Crippen LogP) is 0.470. The Hall–Kier alpha value is -2.44. The highest BCUT2D eigenvalue weighted by Crippen LogP contribution is 2.10. The molecule has 3 rings (SSSR count). The number of hydrogen-bond donors (Lipinski definition) is 1. The summed E-state index contributed by atoms with van der Waals surface area (Å²) in [5, 5.41) is 15.2. The summed E-state index contributed by atoms with van der Waals surface area (Å²) >= 11 is 0. The minimum atomic E-state index is 0.649. The zero-order chi connectivity index (χ0) is 11.7. The normalized spacial score (nSPS) is 10.9. The van der Waals surface area contributed by atoms with Crippen molar-refractivity contribution < 1.29 is 0 Å². The van der Waals surface area contributed by atoms with E-state index in [1.807, 2.05) is 28.4 Å². The fourth-order valence-electron chi connectivity index (χ4n) is 1.63. The molecular weight excluding hydrogens is 218 g/mol. The highest BCUT2D eigenvalue weighted by molar-refractivity contribution is 5.61. The molecule has 0 unspecified atom stereocenters. The summed E-state index contributed by atoms with van der Waals surface area (Å²) in [6.07, 6.45) is 6.93. The van der Waals surface area contributed by atoms with Gasteiger partial charge in [-0.15, -0.1) is 10.2 Å². The van der Waals surface area contributed by atoms with Gasteiger partial charge in [0.15, 0.2) is 5.82 Å². The number of aromatic nitrogens is 6. The largest absolute Gasteiger partial charge is 0.361 e. The van der Waals surface area contributed by atoms with Crippen LogP contribution >= 0.6 is 0 Å². The van der Waals surface area contributed by atoms with Crippen LogP contribution < -0.4 is 5.32 Å². The lowest BCUT2D eigenvalue weighted by atomic mass is 10.4. The zero-order valence-corrected chi connectivity index (χ0v) is 9.28. The van der Waals surface area contributed by atoms with Gasteiger partial charge in [0, 0.05) is 25.6 Å². The Labute approximate surface area is 97.1 Å². The van der Waals surface area contributed by atoms with E-state index >= 15 is 0 Å². The molecule has 0 saturated carbocycles. The zero-order valence-electron chi connectivity index (χ0n) is 9.28. The maximum atomic E-state index is 4.24. The summed E-state index contributed by atoms with van der Waals surface area (Å²) in [7, 11) is 1.90. The van der Waals surface area contributed by atoms with Crippen molar-refractivity contribution in [3.8, 4) is 0 Å². The van der Waals surface area contributed by atoms with Crippen LogP contribution in [0, 0.1) is 0 Å². The molecule has 7 nitrogen and oxygen atoms in total. The average Bonchev–Trinajstić information content (AvgIpc) is 2.95. The van der Waals surface area contributed by atoms with Gasteiger partial charge in [0.2, 0.25) is 5.65 Å². The van der Waals surface area contributed by atoms with E-state index in [4.69, 9.17) is 0 Å². The molecule has 17 heavy (non-hydrogen) atoms. The van der Waals surface area contributed by atoms with Gasteiger partial charge in [-0.25, -0.2) is 4.98 Å². The Balaban J connectivity index is 1.86. The second kappa shape index (κ2) is 3.85. The van der Waals surface area contributed by atoms with Crippen molar-refractivity contribution >= 4 is 11.5 Å². The second-order valence-corrected chi connectivity index (χ2v) is 3.64. The average molecular weight is 229 g/mol. The molecule has 0 spiro atoms. The van der Waals surface area contributed by atoms with Crippen molar-refractivity contribution in [2.45, 2.75) is 6.54 Å². The maximum Gasteiger partial charge on any atom is 0.203 e. The standard InChI is InChI=1S/C10H11N7/c1-16-8(2-3-14-16)6-12-9-10-15-13-7-17(10)5-4-11-9/h2-5,7H,6H2,1H3,(H,11,12). The molecule has 0 aromatic carbocycles. The van der Waals surface area contributed by atoms with E-state index < -0.39 is 0 Å². The summed E-state index contributed by atoms with van der Waals surface area (Å²) in [4.78, 5) is 4.24. The molecule has 1 N–H and O–H groups in total. The van der Waals surface area contributed by atoms with Crippen molar-refractivity contribution in [2.24, 2.45) is 7.05 Å². The fourth-order valence-corrected chi connectivity index (χ4v) is 1.63. The molecular formula is C10H11N7. The van der Waals surface area contributed by atoms with Crippen LogP contribution in [0.5, 0.6) is 0 Å². The summed E-state index contributed by atoms with van der Waals surface area (Å²) in [5.41, 5.74) is 1.79. The van der Waals surface area contributed by atoms with E-state index in [0.29, 0.717) is 12.4 Å². The SMILES string of the molecule is Cn1nccc1CNc1nccn2cnnc12. The predicted molar refractivity (Wildman–Crippen MR) is 61.3 cm³/mol. The highest BCUT2D eigenvalue weighted by Gasteiger charge is 2.05. The van der Waals surface area contributed by atoms with Crippen molar-refractivity contribution in [2.75, 3.05) is 5.32 Å². The molecule has 3 aromatic heterocycles. The highest BCUT2D eigenvalue weighted by atomic mass is 15.3. The molecule has 0 bridgehead atoms. The number of fused-ring (bicyclic) bond motifs is 1. The van der Waals surface area contributed by atoms with Crippen LogP contribution in [0.3, 0.4) is 0 Å². The third-order valence-electron chi connectivity index (χ3n) is 2.58. The molecule has 3 heterocycles. The number of nitrogens with one attached hydrogen (secondary N) is 1. The van der Waals surface area contributed by atoms with Crippen molar-refractivity contribution in [1.82, 2.24) is 29.4 Å². The Bertz CT molecular complexity index is 639. The number of hydrogen-bond acceptors (Lipinski definition) is 5. The van der Waals surface area contributed by atoms with Crippen LogP contribution in [0.1, 0.15) is 5.69 Å². The van der Waals surface area contributed by atoms with Gasteiger partial charge in [0.25, 0.3) is 0 Å². The summed E-state index contributed by atoms with van der Waals surface area (Å²) in [6.45, 7) is 0.649. The first kappa shape index (κ1) is 9.76. The molecule has 86 valence electrons. The quantitative estimate of drug-likeness (QED) is 0.706. The van der Waals surface area contributed by atoms with E-state index in [9.17, 15) is 0 Å². The van der Waals surface area contributed by atoms with Crippen LogP contribution in [-0.4, -0.2) is 29.4 Å². The van der Waals surface area contributed by atoms with Crippen molar-refractivity contribution in [3.63, 3.8) is 0 Å². The van der Waals surface area contributed by atoms with Gasteiger partial charge < -0.3 is 5.32 Å². The van der Waals surface area contributed by atoms with Crippen LogP contribution in [0.15, 0.2) is 31.0 Å². The van der Waals surface area contributed by atoms with Gasteiger partial charge in [-0.1, -0.05) is 0 Å². The first-order valence-electron chi connectivity index (χ1n) is 5.20. The van der Waals surface area contributed by atoms with E-state index in [1.165, 1.54) is 0 Å². The Morgan fingerprint density at radius 1 is 1.35 bits per heavy atom. The number of aryl methyl sites for hydroxylation is 1. The molecule has 0 amide bonds. The minimum absolute atomic E-state index is 0.649.